The molecule has 0 saturated heterocycles. The molecule has 0 aliphatic rings. The molecule has 0 unspecified atom stereocenters. The van der Waals surface area contributed by atoms with Crippen LogP contribution in [0.15, 0.2) is 30.3 Å². The minimum absolute atomic E-state index is 0.0482. The Morgan fingerprint density at radius 3 is 2.57 bits per heavy atom. The first-order valence-electron chi connectivity index (χ1n) is 6.77. The second-order valence-electron chi connectivity index (χ2n) is 4.84. The van der Waals surface area contributed by atoms with Crippen molar-refractivity contribution in [1.29, 1.82) is 5.26 Å². The molecule has 0 atom stereocenters. The summed E-state index contributed by atoms with van der Waals surface area (Å²) in [6.45, 7) is 1.57. The topological polar surface area (TPSA) is 62.1 Å². The van der Waals surface area contributed by atoms with Crippen molar-refractivity contribution in [2.45, 2.75) is 13.5 Å². The van der Waals surface area contributed by atoms with Crippen LogP contribution in [0.2, 0.25) is 5.02 Å². The summed E-state index contributed by atoms with van der Waals surface area (Å²) >= 11 is 5.82. The number of benzene rings is 2. The third kappa shape index (κ3) is 3.61. The van der Waals surface area contributed by atoms with E-state index in [-0.39, 0.29) is 34.2 Å². The number of carbonyl (C=O) groups is 1. The Balaban J connectivity index is 2.34. The van der Waals surface area contributed by atoms with Gasteiger partial charge in [0.1, 0.15) is 11.8 Å². The standard InChI is InChI=1S/C17H14ClFN2O2/c1-10(22)13-7-15(18)16(19)17(14(13)8-20)21-9-11-3-5-12(23-2)6-4-11/h3-7,21H,9H2,1-2H3. The van der Waals surface area contributed by atoms with Gasteiger partial charge in [-0.25, -0.2) is 4.39 Å². The molecule has 118 valence electrons. The van der Waals surface area contributed by atoms with E-state index in [0.717, 1.165) is 5.56 Å². The summed E-state index contributed by atoms with van der Waals surface area (Å²) in [6.07, 6.45) is 0. The molecule has 23 heavy (non-hydrogen) atoms. The molecule has 0 radical (unpaired) electrons. The summed E-state index contributed by atoms with van der Waals surface area (Å²) < 4.78 is 19.3. The van der Waals surface area contributed by atoms with Gasteiger partial charge in [0.05, 0.1) is 23.4 Å². The highest BCUT2D eigenvalue weighted by Gasteiger charge is 2.19. The minimum atomic E-state index is -0.748. The molecule has 6 heteroatoms. The molecule has 2 aromatic carbocycles. The van der Waals surface area contributed by atoms with E-state index in [2.05, 4.69) is 5.32 Å². The van der Waals surface area contributed by atoms with Crippen molar-refractivity contribution in [2.75, 3.05) is 12.4 Å². The fourth-order valence-electron chi connectivity index (χ4n) is 2.12. The first-order chi connectivity index (χ1) is 11.0. The number of ketones is 1. The summed E-state index contributed by atoms with van der Waals surface area (Å²) in [5, 5.41) is 11.9. The van der Waals surface area contributed by atoms with Crippen LogP contribution in [-0.2, 0) is 6.54 Å². The van der Waals surface area contributed by atoms with Crippen molar-refractivity contribution in [3.8, 4) is 11.8 Å². The molecule has 0 bridgehead atoms. The van der Waals surface area contributed by atoms with Crippen molar-refractivity contribution in [3.05, 3.63) is 57.9 Å². The molecule has 4 nitrogen and oxygen atoms in total. The number of Topliss-reactive ketones (excluding diaryl/α,β-unsaturated/α-hetero) is 1. The lowest BCUT2D eigenvalue weighted by molar-refractivity contribution is 0.101. The first kappa shape index (κ1) is 16.8. The molecule has 2 rings (SSSR count). The highest BCUT2D eigenvalue weighted by atomic mass is 35.5. The van der Waals surface area contributed by atoms with Crippen LogP contribution in [0.25, 0.3) is 0 Å². The number of ether oxygens (including phenoxy) is 1. The van der Waals surface area contributed by atoms with Gasteiger partial charge in [-0.3, -0.25) is 4.79 Å². The van der Waals surface area contributed by atoms with Crippen LogP contribution in [-0.4, -0.2) is 12.9 Å². The normalized spacial score (nSPS) is 10.0. The Kier molecular flexibility index (Phi) is 5.20. The second-order valence-corrected chi connectivity index (χ2v) is 5.25. The number of hydrogen-bond donors (Lipinski definition) is 1. The fraction of sp³-hybridized carbons (Fsp3) is 0.176. The number of carbonyl (C=O) groups excluding carboxylic acids is 1. The minimum Gasteiger partial charge on any atom is -0.497 e. The third-order valence-electron chi connectivity index (χ3n) is 3.34. The SMILES string of the molecule is COc1ccc(CNc2c(F)c(Cl)cc(C(C)=O)c2C#N)cc1. The zero-order valence-electron chi connectivity index (χ0n) is 12.6. The lowest BCUT2D eigenvalue weighted by Crippen LogP contribution is -2.08. The summed E-state index contributed by atoms with van der Waals surface area (Å²) in [5.41, 5.74) is 0.837. The molecular weight excluding hydrogens is 319 g/mol. The van der Waals surface area contributed by atoms with Crippen molar-refractivity contribution in [2.24, 2.45) is 0 Å². The van der Waals surface area contributed by atoms with Gasteiger partial charge >= 0.3 is 0 Å². The van der Waals surface area contributed by atoms with Crippen LogP contribution < -0.4 is 10.1 Å². The number of anilines is 1. The Hall–Kier alpha value is -2.58. The smallest absolute Gasteiger partial charge is 0.166 e. The molecule has 0 fully saturated rings. The van der Waals surface area contributed by atoms with Crippen molar-refractivity contribution in [3.63, 3.8) is 0 Å². The van der Waals surface area contributed by atoms with Gasteiger partial charge in [-0.05, 0) is 30.7 Å². The number of hydrogen-bond acceptors (Lipinski definition) is 4. The lowest BCUT2D eigenvalue weighted by atomic mass is 10.0. The monoisotopic (exact) mass is 332 g/mol. The zero-order valence-corrected chi connectivity index (χ0v) is 13.4. The Morgan fingerprint density at radius 2 is 2.04 bits per heavy atom. The van der Waals surface area contributed by atoms with Crippen LogP contribution in [0.4, 0.5) is 10.1 Å². The van der Waals surface area contributed by atoms with E-state index in [0.29, 0.717) is 5.75 Å². The summed E-state index contributed by atoms with van der Waals surface area (Å²) in [5.74, 6) is -0.392. The van der Waals surface area contributed by atoms with Crippen LogP contribution >= 0.6 is 11.6 Å². The molecule has 0 aromatic heterocycles. The zero-order chi connectivity index (χ0) is 17.0. The molecule has 0 aliphatic carbocycles. The highest BCUT2D eigenvalue weighted by molar-refractivity contribution is 6.31. The maximum atomic E-state index is 14.2. The van der Waals surface area contributed by atoms with Gasteiger partial charge in [0.25, 0.3) is 0 Å². The van der Waals surface area contributed by atoms with E-state index < -0.39 is 5.82 Å². The van der Waals surface area contributed by atoms with Gasteiger partial charge in [-0.1, -0.05) is 23.7 Å². The van der Waals surface area contributed by atoms with Crippen LogP contribution in [0, 0.1) is 17.1 Å². The summed E-state index contributed by atoms with van der Waals surface area (Å²) in [7, 11) is 1.57. The van der Waals surface area contributed by atoms with Crippen molar-refractivity contribution >= 4 is 23.1 Å². The van der Waals surface area contributed by atoms with Gasteiger partial charge in [0, 0.05) is 12.1 Å². The molecular formula is C17H14ClFN2O2. The van der Waals surface area contributed by atoms with E-state index in [1.54, 1.807) is 19.2 Å². The Bertz CT molecular complexity index is 783. The van der Waals surface area contributed by atoms with Gasteiger partial charge in [0.15, 0.2) is 11.6 Å². The summed E-state index contributed by atoms with van der Waals surface area (Å²) in [6, 6.07) is 10.2. The van der Waals surface area contributed by atoms with Crippen molar-refractivity contribution in [1.82, 2.24) is 0 Å². The number of rotatable bonds is 5. The fourth-order valence-corrected chi connectivity index (χ4v) is 2.32. The van der Waals surface area contributed by atoms with Crippen molar-refractivity contribution < 1.29 is 13.9 Å². The average molecular weight is 333 g/mol. The number of nitriles is 1. The molecule has 2 aromatic rings. The number of nitrogens with one attached hydrogen (secondary N) is 1. The molecule has 0 spiro atoms. The van der Waals surface area contributed by atoms with Gasteiger partial charge in [-0.2, -0.15) is 5.26 Å². The number of nitrogens with zero attached hydrogens (tertiary/aromatic N) is 1. The van der Waals surface area contributed by atoms with Gasteiger partial charge < -0.3 is 10.1 Å². The molecule has 1 N–H and O–H groups in total. The molecule has 0 saturated carbocycles. The van der Waals surface area contributed by atoms with Gasteiger partial charge in [-0.15, -0.1) is 0 Å². The van der Waals surface area contributed by atoms with Crippen LogP contribution in [0.3, 0.4) is 0 Å². The molecule has 0 aliphatic heterocycles. The maximum Gasteiger partial charge on any atom is 0.166 e. The third-order valence-corrected chi connectivity index (χ3v) is 3.61. The van der Waals surface area contributed by atoms with E-state index in [4.69, 9.17) is 16.3 Å². The maximum absolute atomic E-state index is 14.2. The van der Waals surface area contributed by atoms with E-state index in [1.165, 1.54) is 13.0 Å². The predicted octanol–water partition coefficient (Wildman–Crippen LogP) is 4.17. The van der Waals surface area contributed by atoms with Gasteiger partial charge in [0.2, 0.25) is 0 Å². The number of halogens is 2. The molecule has 0 heterocycles. The largest absolute Gasteiger partial charge is 0.497 e. The second kappa shape index (κ2) is 7.12. The first-order valence-corrected chi connectivity index (χ1v) is 7.15. The highest BCUT2D eigenvalue weighted by Crippen LogP contribution is 2.30. The van der Waals surface area contributed by atoms with E-state index in [9.17, 15) is 14.4 Å². The molecule has 0 amide bonds. The van der Waals surface area contributed by atoms with E-state index >= 15 is 0 Å². The number of methoxy groups -OCH3 is 1. The summed E-state index contributed by atoms with van der Waals surface area (Å²) in [4.78, 5) is 11.6. The Labute approximate surface area is 138 Å². The van der Waals surface area contributed by atoms with Crippen LogP contribution in [0.5, 0.6) is 5.75 Å². The lowest BCUT2D eigenvalue weighted by Gasteiger charge is -2.13. The van der Waals surface area contributed by atoms with E-state index in [1.807, 2.05) is 18.2 Å². The Morgan fingerprint density at radius 1 is 1.39 bits per heavy atom. The average Bonchev–Trinajstić information content (AvgIpc) is 2.56. The van der Waals surface area contributed by atoms with Crippen LogP contribution in [0.1, 0.15) is 28.4 Å². The predicted molar refractivity (Wildman–Crippen MR) is 86.5 cm³/mol. The quantitative estimate of drug-likeness (QED) is 0.834.